The fraction of sp³-hybridized carbons (Fsp3) is 0.597. The molecule has 0 bridgehead atoms. The smallest absolute Gasteiger partial charge is 0.330 e. The zero-order valence-electron chi connectivity index (χ0n) is 76.1. The summed E-state index contributed by atoms with van der Waals surface area (Å²) in [6.07, 6.45) is -18.5. The molecule has 8 aliphatic heterocycles. The lowest BCUT2D eigenvalue weighted by atomic mass is 10.1. The van der Waals surface area contributed by atoms with E-state index in [0.29, 0.717) is 23.2 Å². The van der Waals surface area contributed by atoms with Crippen LogP contribution in [-0.4, -0.2) is 272 Å². The largest absolute Gasteiger partial charge is 0.382 e. The Hall–Kier alpha value is -6.18. The Kier molecular flexibility index (Phi) is 34.2. The number of fused-ring (bicyclic) bond motifs is 2. The van der Waals surface area contributed by atoms with Crippen LogP contribution in [0.4, 0.5) is 16.4 Å². The number of anilines is 2. The van der Waals surface area contributed by atoms with Gasteiger partial charge < -0.3 is 153 Å². The fourth-order valence-electron chi connectivity index (χ4n) is 16.8. The van der Waals surface area contributed by atoms with Crippen molar-refractivity contribution in [3.05, 3.63) is 167 Å². The summed E-state index contributed by atoms with van der Waals surface area (Å²) in [5, 5.41) is 12.6. The molecule has 0 saturated carbocycles. The van der Waals surface area contributed by atoms with E-state index >= 15 is 0 Å². The lowest BCUT2D eigenvalue weighted by Gasteiger charge is -2.32. The Morgan fingerprint density at radius 2 is 0.611 bits per heavy atom. The predicted octanol–water partition coefficient (Wildman–Crippen LogP) is 0.722. The van der Waals surface area contributed by atoms with Crippen molar-refractivity contribution in [2.45, 2.75) is 228 Å². The van der Waals surface area contributed by atoms with Gasteiger partial charge in [0, 0.05) is 105 Å². The summed E-state index contributed by atoms with van der Waals surface area (Å²) >= 11 is 38.8. The van der Waals surface area contributed by atoms with Gasteiger partial charge in [-0.05, 0) is 129 Å². The number of carbonyl (C=O) groups is 1. The third kappa shape index (κ3) is 26.1. The lowest BCUT2D eigenvalue weighted by Crippen LogP contribution is -2.51. The van der Waals surface area contributed by atoms with E-state index in [0.717, 1.165) is 42.8 Å². The number of hydrogen-bond donors (Lipinski definition) is 15. The Labute approximate surface area is 846 Å². The number of aromatic amines is 4. The number of rotatable bonds is 41. The van der Waals surface area contributed by atoms with Crippen LogP contribution >= 0.6 is 47.0 Å². The SMILES string of the molecule is CC[C@H]1O[C@@H](n2cnc3c(N)ncnc32)CC1OP(O)(=S)OC[C@H]1O[C@@H](n2cc(C)c(=O)[nH]c2=O)CC1OP(O)(=S)OC[C@H]1O[C@@H](n2cnc3c(N)ncnc32)CC1OP(O)(=S)OC[C@H]1O[C@@H](n2cc(C)c(=O)[nH]c2=O)CC1OP(O)(=S)OC[C@H]1O[C@@H](n2cc(C)c(=O)[nH]c2=O)CC1OP(O)(=S)OC[C@H]1O[C@@H](n2cc(C)c(=O)[nH]c2=O)CC1OP(O)(=S)OC[C@H]1O[C@@H](N2C=C(C)C(O)NC2=O)CC1OP(O)(=S)OC. The first-order valence-corrected chi connectivity index (χ1v) is 61.6. The van der Waals surface area contributed by atoms with E-state index in [1.807, 2.05) is 6.92 Å². The van der Waals surface area contributed by atoms with Crippen LogP contribution in [0.25, 0.3) is 22.3 Å². The molecular weight excluding hydrogens is 2190 g/mol. The number of aromatic nitrogens is 16. The molecule has 7 saturated heterocycles. The van der Waals surface area contributed by atoms with Crippen molar-refractivity contribution in [1.29, 1.82) is 0 Å². The second-order valence-corrected chi connectivity index (χ2v) is 53.6. The zero-order chi connectivity index (χ0) is 104. The Bertz CT molecular complexity index is 7120. The van der Waals surface area contributed by atoms with Crippen LogP contribution in [0.15, 0.2) is 100 Å². The van der Waals surface area contributed by atoms with Crippen LogP contribution in [0.2, 0.25) is 0 Å². The summed E-state index contributed by atoms with van der Waals surface area (Å²) in [4.78, 5) is 236. The number of nitrogens with zero attached hydrogens (tertiary/aromatic N) is 13. The highest BCUT2D eigenvalue weighted by molar-refractivity contribution is 8.09. The molecule has 2 amide bonds. The number of urea groups is 1. The number of ether oxygens (including phenoxy) is 7. The predicted molar refractivity (Wildman–Crippen MR) is 521 cm³/mol. The van der Waals surface area contributed by atoms with E-state index in [9.17, 15) is 82.5 Å². The molecule has 0 radical (unpaired) electrons. The zero-order valence-corrected chi connectivity index (χ0v) is 88.1. The number of aryl methyl sites for hydroxylation is 4. The molecule has 0 aromatic carbocycles. The van der Waals surface area contributed by atoms with Crippen molar-refractivity contribution in [3.63, 3.8) is 0 Å². The maximum absolute atomic E-state index is 13.6. The average molecular weight is 2290 g/mol. The molecular formula is C72H97N20O38P7S7. The summed E-state index contributed by atoms with van der Waals surface area (Å²) in [5.74, 6) is 0.123. The minimum Gasteiger partial charge on any atom is -0.382 e. The number of imidazole rings is 2. The molecule has 7 fully saturated rings. The molecule has 8 aliphatic rings. The number of aliphatic hydroxyl groups excluding tert-OH is 1. The molecule has 144 heavy (non-hydrogen) atoms. The van der Waals surface area contributed by atoms with Gasteiger partial charge in [0.15, 0.2) is 29.2 Å². The second-order valence-electron chi connectivity index (χ2n) is 33.9. The number of carbonyl (C=O) groups excluding carboxylic acids is 1. The number of nitrogens with two attached hydrogens (primary N) is 2. The summed E-state index contributed by atoms with van der Waals surface area (Å²) in [6.45, 7) is -27.3. The van der Waals surface area contributed by atoms with Crippen LogP contribution in [0, 0.1) is 27.7 Å². The third-order valence-electron chi connectivity index (χ3n) is 24.0. The topological polar surface area (TPSA) is 747 Å². The number of H-pyrrole nitrogens is 4. The lowest BCUT2D eigenvalue weighted by molar-refractivity contribution is -0.0595. The summed E-state index contributed by atoms with van der Waals surface area (Å²) in [5.41, 5.74) is 7.02. The van der Waals surface area contributed by atoms with Gasteiger partial charge in [-0.3, -0.25) is 71.4 Å². The highest BCUT2D eigenvalue weighted by Crippen LogP contribution is 2.59. The highest BCUT2D eigenvalue weighted by atomic mass is 32.5. The van der Waals surface area contributed by atoms with Crippen LogP contribution < -0.4 is 61.8 Å². The minimum atomic E-state index is -4.79. The molecule has 72 heteroatoms. The Balaban J connectivity index is 0.603. The molecule has 16 heterocycles. The van der Waals surface area contributed by atoms with Gasteiger partial charge in [0.05, 0.1) is 101 Å². The first-order valence-electron chi connectivity index (χ1n) is 43.5. The summed E-state index contributed by atoms with van der Waals surface area (Å²) in [7, 11) is 1.10. The van der Waals surface area contributed by atoms with Crippen molar-refractivity contribution < 1.29 is 141 Å². The summed E-state index contributed by atoms with van der Waals surface area (Å²) in [6, 6.07) is -0.776. The fourth-order valence-corrected chi connectivity index (χ4v) is 26.6. The average Bonchev–Trinajstić information content (AvgIpc) is 1.60. The maximum Gasteiger partial charge on any atom is 0.330 e. The molecule has 58 nitrogen and oxygen atoms in total. The number of nitrogens with one attached hydrogen (secondary N) is 5. The quantitative estimate of drug-likeness (QED) is 0.0235. The van der Waals surface area contributed by atoms with Crippen LogP contribution in [-0.2, 0) is 179 Å². The van der Waals surface area contributed by atoms with Crippen LogP contribution in [0.5, 0.6) is 0 Å². The van der Waals surface area contributed by atoms with Crippen LogP contribution in [0.3, 0.4) is 0 Å². The summed E-state index contributed by atoms with van der Waals surface area (Å²) < 4.78 is 135. The molecule has 15 unspecified atom stereocenters. The van der Waals surface area contributed by atoms with Crippen molar-refractivity contribution in [3.8, 4) is 0 Å². The van der Waals surface area contributed by atoms with E-state index in [1.54, 1.807) is 4.57 Å². The Morgan fingerprint density at radius 1 is 0.368 bits per heavy atom. The van der Waals surface area contributed by atoms with E-state index in [1.165, 1.54) is 83.0 Å². The number of nitrogen functional groups attached to an aromatic ring is 2. The monoisotopic (exact) mass is 2290 g/mol. The normalized spacial score (nSPS) is 30.8. The van der Waals surface area contributed by atoms with Gasteiger partial charge in [-0.1, -0.05) is 6.92 Å². The molecule has 0 spiro atoms. The molecule has 29 atom stereocenters. The van der Waals surface area contributed by atoms with Gasteiger partial charge in [-0.15, -0.1) is 0 Å². The van der Waals surface area contributed by atoms with E-state index in [-0.39, 0.29) is 77.2 Å². The number of hydrogen-bond acceptors (Lipinski definition) is 46. The van der Waals surface area contributed by atoms with Crippen molar-refractivity contribution >= 4 is 170 Å². The molecule has 17 N–H and O–H groups in total. The van der Waals surface area contributed by atoms with Gasteiger partial charge in [0.25, 0.3) is 22.2 Å². The first kappa shape index (κ1) is 110. The first-order chi connectivity index (χ1) is 67.8. The van der Waals surface area contributed by atoms with Crippen LogP contribution in [0.1, 0.15) is 125 Å². The van der Waals surface area contributed by atoms with E-state index < -0.39 is 286 Å². The molecule has 790 valence electrons. The highest BCUT2D eigenvalue weighted by Gasteiger charge is 2.52. The van der Waals surface area contributed by atoms with Gasteiger partial charge in [0.1, 0.15) is 104 Å². The van der Waals surface area contributed by atoms with Crippen molar-refractivity contribution in [1.82, 2.24) is 87.5 Å². The van der Waals surface area contributed by atoms with Gasteiger partial charge >= 0.3 is 75.8 Å². The molecule has 8 aromatic rings. The second kappa shape index (κ2) is 44.6. The third-order valence-corrected chi connectivity index (χ3v) is 35.2. The number of amides is 2. The molecule has 0 aliphatic carbocycles. The van der Waals surface area contributed by atoms with Crippen molar-refractivity contribution in [2.75, 3.05) is 58.2 Å². The number of aliphatic hydroxyl groups is 1. The standard InChI is InChI=1S/C72H97N20O38P7S7/c1-8-36-37(9-55(117-36)91-29-79-57-59(73)75-27-77-61(57)91)125-132(104,139)111-22-45-39(11-51(119-45)87-17-32(3)64(94)82-69(87)99)129-136(108,143)116-26-49-43(15-56(123-49)92-30-80-58-60(74)76-28-78-62(58)92)130-137(109,144)115-25-48-42(14-54(122-48)90-20-35(6)67(97)85-72(90)102)128-135(107,142)114-24-47-41(13-53(121-47)89-19-34(5)66(96)84-71(89)101)127-134(106,141)113-23-46-40(12-52(120-46)88-18-33(4)65(95)83-70(88)100)126-133(105,140)112-21-44-38(124-131(103,138)110-7)10-50(118-44)86-16-31(2)63(93)81-68(86)98/h16-20,27-30,36-56,63,93H,8-15,21-26H2,1-7H3,(H,81,98)(H,103,138)(H,104,139)(H,105,140)(H,106,141)(H,107,142)(H,108,143)(H,109,144)(H2,73,75,77)(H2,74,76,78)(H,82,94,99)(H,83,95,100)(H,84,96,101)(H,85,97,102)/t36-,37?,38?,39?,40?,41?,42?,43?,44-,45-,46-,47-,48-,49-,50-,51-,52-,53-,54-,55-,56-,63?,131?,132?,133?,134?,135?,136?,137?/m1/s1. The van der Waals surface area contributed by atoms with Gasteiger partial charge in [-0.25, -0.2) is 53.9 Å². The molecule has 16 rings (SSSR count). The van der Waals surface area contributed by atoms with Gasteiger partial charge in [0.2, 0.25) is 0 Å². The van der Waals surface area contributed by atoms with E-state index in [4.69, 9.17) is 191 Å². The van der Waals surface area contributed by atoms with Gasteiger partial charge in [-0.2, -0.15) is 0 Å². The Morgan fingerprint density at radius 3 is 0.882 bits per heavy atom. The van der Waals surface area contributed by atoms with E-state index in [2.05, 4.69) is 55.2 Å². The molecule has 8 aromatic heterocycles. The maximum atomic E-state index is 13.6. The minimum absolute atomic E-state index is 0.0147. The van der Waals surface area contributed by atoms with Crippen molar-refractivity contribution in [2.24, 2.45) is 0 Å².